The Morgan fingerprint density at radius 3 is 2.11 bits per heavy atom. The van der Waals surface area contributed by atoms with E-state index < -0.39 is 35.6 Å². The van der Waals surface area contributed by atoms with Gasteiger partial charge in [-0.05, 0) is 45.9 Å². The number of carbonyl (C=O) groups excluding carboxylic acids is 3. The second-order valence-corrected chi connectivity index (χ2v) is 7.47. The highest BCUT2D eigenvalue weighted by Gasteiger charge is 2.26. The first-order valence-corrected chi connectivity index (χ1v) is 9.69. The lowest BCUT2D eigenvalue weighted by atomic mass is 10.0. The summed E-state index contributed by atoms with van der Waals surface area (Å²) in [6.45, 7) is 1.26. The van der Waals surface area contributed by atoms with Gasteiger partial charge in [0.15, 0.2) is 0 Å². The minimum atomic E-state index is -1.04. The molecule has 0 aliphatic rings. The fraction of sp³-hybridized carbons (Fsp3) is 0.250. The van der Waals surface area contributed by atoms with Crippen LogP contribution in [0.25, 0.3) is 0 Å². The summed E-state index contributed by atoms with van der Waals surface area (Å²) in [5.74, 6) is -2.21. The van der Waals surface area contributed by atoms with Crippen molar-refractivity contribution in [3.63, 3.8) is 0 Å². The summed E-state index contributed by atoms with van der Waals surface area (Å²) in [7, 11) is 0. The van der Waals surface area contributed by atoms with E-state index in [1.807, 2.05) is 24.3 Å². The third-order valence-electron chi connectivity index (χ3n) is 4.12. The number of rotatable bonds is 8. The van der Waals surface area contributed by atoms with Crippen molar-refractivity contribution < 1.29 is 18.8 Å². The molecule has 28 heavy (non-hydrogen) atoms. The summed E-state index contributed by atoms with van der Waals surface area (Å²) in [5.41, 5.74) is 6.60. The van der Waals surface area contributed by atoms with E-state index in [4.69, 9.17) is 5.73 Å². The molecule has 0 bridgehead atoms. The van der Waals surface area contributed by atoms with Gasteiger partial charge in [-0.15, -0.1) is 0 Å². The largest absolute Gasteiger partial charge is 0.368 e. The molecule has 0 saturated carbocycles. The van der Waals surface area contributed by atoms with E-state index in [1.165, 1.54) is 25.1 Å². The number of amides is 3. The summed E-state index contributed by atoms with van der Waals surface area (Å²) in [5, 5.41) is 5.09. The van der Waals surface area contributed by atoms with Gasteiger partial charge < -0.3 is 16.4 Å². The Balaban J connectivity index is 2.17. The first-order valence-electron chi connectivity index (χ1n) is 8.61. The smallest absolute Gasteiger partial charge is 0.243 e. The van der Waals surface area contributed by atoms with Crippen LogP contribution >= 0.6 is 22.6 Å². The van der Waals surface area contributed by atoms with Crippen molar-refractivity contribution in [2.75, 3.05) is 0 Å². The molecule has 6 nitrogen and oxygen atoms in total. The van der Waals surface area contributed by atoms with E-state index in [-0.39, 0.29) is 18.4 Å². The number of carbonyl (C=O) groups is 3. The first kappa shape index (κ1) is 21.8. The molecule has 0 aromatic heterocycles. The zero-order valence-corrected chi connectivity index (χ0v) is 17.4. The average Bonchev–Trinajstić information content (AvgIpc) is 2.63. The van der Waals surface area contributed by atoms with Gasteiger partial charge >= 0.3 is 0 Å². The molecule has 0 aliphatic heterocycles. The molecule has 2 atom stereocenters. The van der Waals surface area contributed by atoms with Crippen LogP contribution in [0, 0.1) is 9.39 Å². The molecule has 148 valence electrons. The quantitative estimate of drug-likeness (QED) is 0.484. The van der Waals surface area contributed by atoms with Gasteiger partial charge in [0.2, 0.25) is 17.7 Å². The van der Waals surface area contributed by atoms with Crippen molar-refractivity contribution in [2.24, 2.45) is 5.73 Å². The van der Waals surface area contributed by atoms with E-state index in [0.717, 1.165) is 9.13 Å². The van der Waals surface area contributed by atoms with Gasteiger partial charge in [0.1, 0.15) is 17.9 Å². The third kappa shape index (κ3) is 6.29. The molecule has 3 amide bonds. The lowest BCUT2D eigenvalue weighted by molar-refractivity contribution is -0.130. The molecule has 0 unspecified atom stereocenters. The minimum Gasteiger partial charge on any atom is -0.368 e. The normalized spacial score (nSPS) is 12.7. The second kappa shape index (κ2) is 10.2. The highest BCUT2D eigenvalue weighted by atomic mass is 127. The van der Waals surface area contributed by atoms with Crippen LogP contribution in [0.2, 0.25) is 0 Å². The van der Waals surface area contributed by atoms with Crippen molar-refractivity contribution in [1.29, 1.82) is 0 Å². The molecule has 0 saturated heterocycles. The van der Waals surface area contributed by atoms with E-state index in [2.05, 4.69) is 33.2 Å². The maximum Gasteiger partial charge on any atom is 0.243 e. The van der Waals surface area contributed by atoms with Crippen molar-refractivity contribution in [3.05, 3.63) is 69.0 Å². The zero-order valence-electron chi connectivity index (χ0n) is 15.2. The Kier molecular flexibility index (Phi) is 7.91. The Morgan fingerprint density at radius 1 is 0.964 bits per heavy atom. The van der Waals surface area contributed by atoms with Crippen LogP contribution in [0.5, 0.6) is 0 Å². The summed E-state index contributed by atoms with van der Waals surface area (Å²) >= 11 is 2.14. The lowest BCUT2D eigenvalue weighted by Gasteiger charge is -2.22. The van der Waals surface area contributed by atoms with Crippen LogP contribution < -0.4 is 16.4 Å². The Hall–Kier alpha value is -2.49. The summed E-state index contributed by atoms with van der Waals surface area (Å²) in [4.78, 5) is 36.1. The molecule has 2 aromatic carbocycles. The molecule has 2 rings (SSSR count). The topological polar surface area (TPSA) is 101 Å². The van der Waals surface area contributed by atoms with Gasteiger partial charge in [-0.1, -0.05) is 36.4 Å². The molecular formula is C20H21FIN3O3. The summed E-state index contributed by atoms with van der Waals surface area (Å²) in [6.07, 6.45) is 0.166. The number of hydrogen-bond acceptors (Lipinski definition) is 3. The van der Waals surface area contributed by atoms with Crippen molar-refractivity contribution in [1.82, 2.24) is 10.6 Å². The Morgan fingerprint density at radius 2 is 1.54 bits per heavy atom. The Bertz CT molecular complexity index is 875. The second-order valence-electron chi connectivity index (χ2n) is 6.31. The van der Waals surface area contributed by atoms with E-state index in [9.17, 15) is 18.8 Å². The number of hydrogen-bond donors (Lipinski definition) is 3. The standard InChI is InChI=1S/C20H21FIN3O3/c1-12(26)24-18(10-13-6-2-4-8-15(13)21)20(28)25-17(19(23)27)11-14-7-3-5-9-16(14)22/h2-9,17-18H,10-11H2,1H3,(H2,23,27)(H,24,26)(H,25,28)/t17-,18-/m1/s1. The number of benzene rings is 2. The predicted molar refractivity (Wildman–Crippen MR) is 112 cm³/mol. The molecule has 0 fully saturated rings. The lowest BCUT2D eigenvalue weighted by Crippen LogP contribution is -2.54. The highest BCUT2D eigenvalue weighted by Crippen LogP contribution is 2.14. The van der Waals surface area contributed by atoms with Gasteiger partial charge in [0.25, 0.3) is 0 Å². The van der Waals surface area contributed by atoms with Crippen LogP contribution in [0.15, 0.2) is 48.5 Å². The molecule has 0 spiro atoms. The number of primary amides is 1. The molecule has 0 heterocycles. The Labute approximate surface area is 176 Å². The van der Waals surface area contributed by atoms with Gasteiger partial charge in [0.05, 0.1) is 0 Å². The molecule has 0 radical (unpaired) electrons. The summed E-state index contributed by atoms with van der Waals surface area (Å²) < 4.78 is 14.9. The number of halogens is 2. The zero-order chi connectivity index (χ0) is 20.7. The molecule has 0 aliphatic carbocycles. The summed E-state index contributed by atoms with van der Waals surface area (Å²) in [6, 6.07) is 11.4. The predicted octanol–water partition coefficient (Wildman–Crippen LogP) is 1.69. The van der Waals surface area contributed by atoms with Crippen LogP contribution in [0.4, 0.5) is 4.39 Å². The first-order chi connectivity index (χ1) is 13.3. The molecule has 8 heteroatoms. The van der Waals surface area contributed by atoms with E-state index in [1.54, 1.807) is 6.07 Å². The van der Waals surface area contributed by atoms with E-state index in [0.29, 0.717) is 0 Å². The fourth-order valence-electron chi connectivity index (χ4n) is 2.72. The van der Waals surface area contributed by atoms with Gasteiger partial charge in [-0.3, -0.25) is 14.4 Å². The van der Waals surface area contributed by atoms with Gasteiger partial charge in [-0.2, -0.15) is 0 Å². The van der Waals surface area contributed by atoms with Gasteiger partial charge in [0, 0.05) is 23.3 Å². The molecule has 4 N–H and O–H groups in total. The average molecular weight is 497 g/mol. The van der Waals surface area contributed by atoms with Crippen LogP contribution in [0.1, 0.15) is 18.1 Å². The van der Waals surface area contributed by atoms with Crippen molar-refractivity contribution in [3.8, 4) is 0 Å². The molecule has 2 aromatic rings. The van der Waals surface area contributed by atoms with Crippen molar-refractivity contribution in [2.45, 2.75) is 31.8 Å². The maximum absolute atomic E-state index is 14.0. The SMILES string of the molecule is CC(=O)N[C@H](Cc1ccccc1F)C(=O)N[C@H](Cc1ccccc1I)C(N)=O. The molecular weight excluding hydrogens is 476 g/mol. The fourth-order valence-corrected chi connectivity index (χ4v) is 3.33. The van der Waals surface area contributed by atoms with E-state index >= 15 is 0 Å². The van der Waals surface area contributed by atoms with Gasteiger partial charge in [-0.25, -0.2) is 4.39 Å². The van der Waals surface area contributed by atoms with Crippen LogP contribution in [0.3, 0.4) is 0 Å². The monoisotopic (exact) mass is 497 g/mol. The third-order valence-corrected chi connectivity index (χ3v) is 5.17. The van der Waals surface area contributed by atoms with Crippen LogP contribution in [-0.4, -0.2) is 29.8 Å². The maximum atomic E-state index is 14.0. The number of nitrogens with one attached hydrogen (secondary N) is 2. The van der Waals surface area contributed by atoms with Crippen LogP contribution in [-0.2, 0) is 27.2 Å². The van der Waals surface area contributed by atoms with Crippen molar-refractivity contribution >= 4 is 40.3 Å². The minimum absolute atomic E-state index is 0.0492. The highest BCUT2D eigenvalue weighted by molar-refractivity contribution is 14.1. The number of nitrogens with two attached hydrogens (primary N) is 1.